The summed E-state index contributed by atoms with van der Waals surface area (Å²) in [5.41, 5.74) is 0.327. The van der Waals surface area contributed by atoms with Crippen LogP contribution in [0.15, 0.2) is 0 Å². The molecule has 0 bridgehead atoms. The Morgan fingerprint density at radius 1 is 1.26 bits per heavy atom. The zero-order chi connectivity index (χ0) is 17.0. The van der Waals surface area contributed by atoms with Crippen LogP contribution in [0.4, 0.5) is 4.79 Å². The summed E-state index contributed by atoms with van der Waals surface area (Å²) in [5.74, 6) is 0.0355. The van der Waals surface area contributed by atoms with Gasteiger partial charge in [-0.1, -0.05) is 20.8 Å². The number of aliphatic carboxylic acids is 1. The number of hydrogen-bond donors (Lipinski definition) is 3. The van der Waals surface area contributed by atoms with Crippen molar-refractivity contribution in [2.75, 3.05) is 19.6 Å². The van der Waals surface area contributed by atoms with Crippen LogP contribution in [-0.2, 0) is 4.79 Å². The van der Waals surface area contributed by atoms with E-state index >= 15 is 0 Å². The predicted molar refractivity (Wildman–Crippen MR) is 89.3 cm³/mol. The minimum Gasteiger partial charge on any atom is -0.480 e. The van der Waals surface area contributed by atoms with Gasteiger partial charge in [-0.15, -0.1) is 0 Å². The number of nitrogens with zero attached hydrogens (tertiary/aromatic N) is 1. The molecule has 132 valence electrons. The van der Waals surface area contributed by atoms with E-state index in [-0.39, 0.29) is 24.7 Å². The second-order valence-corrected chi connectivity index (χ2v) is 7.69. The Hall–Kier alpha value is -1.30. The summed E-state index contributed by atoms with van der Waals surface area (Å²) in [6.45, 7) is 8.05. The fourth-order valence-corrected chi connectivity index (χ4v) is 3.48. The van der Waals surface area contributed by atoms with Gasteiger partial charge in [-0.2, -0.15) is 0 Å². The number of carboxylic acids is 1. The number of carbonyl (C=O) groups excluding carboxylic acids is 1. The van der Waals surface area contributed by atoms with E-state index in [2.05, 4.69) is 24.5 Å². The van der Waals surface area contributed by atoms with E-state index in [4.69, 9.17) is 5.11 Å². The molecule has 2 rings (SSSR count). The molecule has 0 aromatic heterocycles. The van der Waals surface area contributed by atoms with Gasteiger partial charge < -0.3 is 15.7 Å². The standard InChI is InChI=1S/C17H31N3O3/c1-4-20(11-15(21)22)14-9-13(10-14)19-16(23)18-8-7-17(2,3)12-5-6-12/h12-14H,4-11H2,1-3H3,(H,21,22)(H2,18,19,23). The average Bonchev–Trinajstić information content (AvgIpc) is 3.24. The Balaban J connectivity index is 1.59. The van der Waals surface area contributed by atoms with Gasteiger partial charge in [0.25, 0.3) is 0 Å². The maximum absolute atomic E-state index is 11.9. The van der Waals surface area contributed by atoms with Crippen LogP contribution in [0.1, 0.15) is 52.9 Å². The van der Waals surface area contributed by atoms with E-state index in [1.807, 2.05) is 11.8 Å². The van der Waals surface area contributed by atoms with E-state index in [0.29, 0.717) is 12.0 Å². The molecule has 0 atom stereocenters. The van der Waals surface area contributed by atoms with E-state index < -0.39 is 5.97 Å². The lowest BCUT2D eigenvalue weighted by atomic mass is 9.84. The van der Waals surface area contributed by atoms with Crippen molar-refractivity contribution < 1.29 is 14.7 Å². The summed E-state index contributed by atoms with van der Waals surface area (Å²) < 4.78 is 0. The van der Waals surface area contributed by atoms with Crippen LogP contribution in [0.2, 0.25) is 0 Å². The largest absolute Gasteiger partial charge is 0.480 e. The van der Waals surface area contributed by atoms with Crippen molar-refractivity contribution >= 4 is 12.0 Å². The Morgan fingerprint density at radius 2 is 1.91 bits per heavy atom. The smallest absolute Gasteiger partial charge is 0.317 e. The summed E-state index contributed by atoms with van der Waals surface area (Å²) in [4.78, 5) is 24.7. The van der Waals surface area contributed by atoms with E-state index in [1.165, 1.54) is 12.8 Å². The molecule has 0 radical (unpaired) electrons. The molecule has 2 saturated carbocycles. The molecule has 0 unspecified atom stereocenters. The number of carbonyl (C=O) groups is 2. The van der Waals surface area contributed by atoms with Gasteiger partial charge >= 0.3 is 12.0 Å². The maximum Gasteiger partial charge on any atom is 0.317 e. The molecule has 0 aromatic carbocycles. The SMILES string of the molecule is CCN(CC(=O)O)C1CC(NC(=O)NCCC(C)(C)C2CC2)C1. The fraction of sp³-hybridized carbons (Fsp3) is 0.882. The molecule has 0 saturated heterocycles. The van der Waals surface area contributed by atoms with Gasteiger partial charge in [-0.3, -0.25) is 9.69 Å². The lowest BCUT2D eigenvalue weighted by molar-refractivity contribution is -0.139. The van der Waals surface area contributed by atoms with Crippen LogP contribution < -0.4 is 10.6 Å². The highest BCUT2D eigenvalue weighted by Gasteiger charge is 2.37. The van der Waals surface area contributed by atoms with Gasteiger partial charge in [-0.25, -0.2) is 4.79 Å². The predicted octanol–water partition coefficient (Wildman–Crippen LogP) is 2.05. The minimum absolute atomic E-state index is 0.0797. The topological polar surface area (TPSA) is 81.7 Å². The van der Waals surface area contributed by atoms with Crippen LogP contribution in [0.25, 0.3) is 0 Å². The molecular weight excluding hydrogens is 294 g/mol. The normalized spacial score (nSPS) is 24.2. The number of amides is 2. The zero-order valence-corrected chi connectivity index (χ0v) is 14.6. The molecule has 2 aliphatic rings. The summed E-state index contributed by atoms with van der Waals surface area (Å²) in [6, 6.07) is 0.343. The van der Waals surface area contributed by atoms with Crippen LogP contribution in [0, 0.1) is 11.3 Å². The lowest BCUT2D eigenvalue weighted by Crippen LogP contribution is -2.56. The minimum atomic E-state index is -0.792. The van der Waals surface area contributed by atoms with Gasteiger partial charge in [-0.05, 0) is 50.0 Å². The van der Waals surface area contributed by atoms with Crippen molar-refractivity contribution in [3.05, 3.63) is 0 Å². The summed E-state index contributed by atoms with van der Waals surface area (Å²) >= 11 is 0. The first-order chi connectivity index (χ1) is 10.8. The third-order valence-corrected chi connectivity index (χ3v) is 5.45. The van der Waals surface area contributed by atoms with Crippen LogP contribution in [0.5, 0.6) is 0 Å². The molecule has 6 nitrogen and oxygen atoms in total. The molecule has 2 fully saturated rings. The van der Waals surface area contributed by atoms with Crippen LogP contribution in [-0.4, -0.2) is 53.7 Å². The fourth-order valence-electron chi connectivity index (χ4n) is 3.48. The number of nitrogens with one attached hydrogen (secondary N) is 2. The highest BCUT2D eigenvalue weighted by Crippen LogP contribution is 2.46. The first kappa shape index (κ1) is 18.0. The second kappa shape index (κ2) is 7.51. The molecule has 6 heteroatoms. The number of carboxylic acid groups (broad SMARTS) is 1. The first-order valence-electron chi connectivity index (χ1n) is 8.82. The summed E-state index contributed by atoms with van der Waals surface area (Å²) in [7, 11) is 0. The van der Waals surface area contributed by atoms with Crippen molar-refractivity contribution in [1.82, 2.24) is 15.5 Å². The van der Waals surface area contributed by atoms with Crippen molar-refractivity contribution in [2.24, 2.45) is 11.3 Å². The molecule has 2 amide bonds. The number of urea groups is 1. The number of rotatable bonds is 9. The lowest BCUT2D eigenvalue weighted by Gasteiger charge is -2.42. The van der Waals surface area contributed by atoms with Crippen molar-refractivity contribution in [3.63, 3.8) is 0 Å². The second-order valence-electron chi connectivity index (χ2n) is 7.69. The Labute approximate surface area is 139 Å². The van der Waals surface area contributed by atoms with Crippen LogP contribution >= 0.6 is 0 Å². The quantitative estimate of drug-likeness (QED) is 0.606. The molecule has 3 N–H and O–H groups in total. The third-order valence-electron chi connectivity index (χ3n) is 5.45. The van der Waals surface area contributed by atoms with E-state index in [9.17, 15) is 9.59 Å². The highest BCUT2D eigenvalue weighted by molar-refractivity contribution is 5.74. The molecule has 23 heavy (non-hydrogen) atoms. The van der Waals surface area contributed by atoms with Crippen molar-refractivity contribution in [3.8, 4) is 0 Å². The Bertz CT molecular complexity index is 429. The van der Waals surface area contributed by atoms with Gasteiger partial charge in [0.15, 0.2) is 0 Å². The number of hydrogen-bond acceptors (Lipinski definition) is 3. The molecule has 0 heterocycles. The Kier molecular flexibility index (Phi) is 5.89. The van der Waals surface area contributed by atoms with Crippen LogP contribution in [0.3, 0.4) is 0 Å². The van der Waals surface area contributed by atoms with Gasteiger partial charge in [0.05, 0.1) is 6.54 Å². The highest BCUT2D eigenvalue weighted by atomic mass is 16.4. The maximum atomic E-state index is 11.9. The molecular formula is C17H31N3O3. The van der Waals surface area contributed by atoms with Crippen molar-refractivity contribution in [2.45, 2.75) is 65.0 Å². The third kappa shape index (κ3) is 5.37. The summed E-state index contributed by atoms with van der Waals surface area (Å²) in [5, 5.41) is 14.8. The Morgan fingerprint density at radius 3 is 2.43 bits per heavy atom. The average molecular weight is 325 g/mol. The summed E-state index contributed by atoms with van der Waals surface area (Å²) in [6.07, 6.45) is 5.34. The number of likely N-dealkylation sites (N-methyl/N-ethyl adjacent to an activating group) is 1. The molecule has 0 aliphatic heterocycles. The van der Waals surface area contributed by atoms with Gasteiger partial charge in [0.1, 0.15) is 0 Å². The molecule has 2 aliphatic carbocycles. The van der Waals surface area contributed by atoms with Crippen molar-refractivity contribution in [1.29, 1.82) is 0 Å². The van der Waals surface area contributed by atoms with Gasteiger partial charge in [0, 0.05) is 18.6 Å². The first-order valence-corrected chi connectivity index (χ1v) is 8.82. The molecule has 0 spiro atoms. The molecule has 0 aromatic rings. The van der Waals surface area contributed by atoms with E-state index in [0.717, 1.165) is 31.7 Å². The monoisotopic (exact) mass is 325 g/mol. The zero-order valence-electron chi connectivity index (χ0n) is 14.6. The van der Waals surface area contributed by atoms with Gasteiger partial charge in [0.2, 0.25) is 0 Å². The van der Waals surface area contributed by atoms with E-state index in [1.54, 1.807) is 0 Å².